The molecule has 0 spiro atoms. The van der Waals surface area contributed by atoms with Crippen LogP contribution in [0.3, 0.4) is 0 Å². The lowest BCUT2D eigenvalue weighted by Crippen LogP contribution is -2.49. The zero-order valence-electron chi connectivity index (χ0n) is 12.0. The van der Waals surface area contributed by atoms with Gasteiger partial charge in [0.15, 0.2) is 0 Å². The van der Waals surface area contributed by atoms with Crippen LogP contribution in [0.15, 0.2) is 18.2 Å². The minimum Gasteiger partial charge on any atom is -0.377 e. The molecule has 1 unspecified atom stereocenters. The molecule has 1 heterocycles. The molecule has 0 saturated carbocycles. The van der Waals surface area contributed by atoms with Crippen LogP contribution in [0.2, 0.25) is 5.02 Å². The largest absolute Gasteiger partial charge is 0.377 e. The fourth-order valence-electron chi connectivity index (χ4n) is 2.59. The molecule has 114 valence electrons. The Bertz CT molecular complexity index is 578. The van der Waals surface area contributed by atoms with Crippen LogP contribution in [0.4, 0.5) is 5.69 Å². The Hall–Kier alpha value is -1.66. The highest BCUT2D eigenvalue weighted by Gasteiger charge is 2.35. The van der Waals surface area contributed by atoms with E-state index >= 15 is 0 Å². The highest BCUT2D eigenvalue weighted by molar-refractivity contribution is 6.33. The molecule has 7 heteroatoms. The van der Waals surface area contributed by atoms with E-state index in [1.807, 2.05) is 6.92 Å². The molecule has 1 fully saturated rings. The number of methoxy groups -OCH3 is 1. The van der Waals surface area contributed by atoms with E-state index in [1.54, 1.807) is 18.1 Å². The average molecular weight is 313 g/mol. The Labute approximate surface area is 127 Å². The van der Waals surface area contributed by atoms with Gasteiger partial charge in [-0.05, 0) is 31.9 Å². The van der Waals surface area contributed by atoms with Gasteiger partial charge in [0.05, 0.1) is 10.5 Å². The number of ether oxygens (including phenoxy) is 1. The molecule has 1 amide bonds. The highest BCUT2D eigenvalue weighted by Crippen LogP contribution is 2.31. The van der Waals surface area contributed by atoms with Gasteiger partial charge in [0, 0.05) is 20.2 Å². The van der Waals surface area contributed by atoms with Gasteiger partial charge in [-0.15, -0.1) is 0 Å². The van der Waals surface area contributed by atoms with Crippen molar-refractivity contribution in [2.75, 3.05) is 20.2 Å². The number of likely N-dealkylation sites (tertiary alicyclic amines) is 1. The van der Waals surface area contributed by atoms with Gasteiger partial charge in [-0.1, -0.05) is 17.7 Å². The lowest BCUT2D eigenvalue weighted by Gasteiger charge is -2.39. The molecule has 0 aliphatic carbocycles. The van der Waals surface area contributed by atoms with Crippen molar-refractivity contribution in [3.05, 3.63) is 38.9 Å². The second-order valence-corrected chi connectivity index (χ2v) is 5.78. The van der Waals surface area contributed by atoms with Crippen LogP contribution in [0.1, 0.15) is 30.1 Å². The maximum atomic E-state index is 12.6. The Kier molecular flexibility index (Phi) is 4.49. The normalized spacial score (nSPS) is 22.1. The molecule has 2 rings (SSSR count). The van der Waals surface area contributed by atoms with Crippen molar-refractivity contribution in [3.8, 4) is 0 Å². The van der Waals surface area contributed by atoms with Gasteiger partial charge in [0.25, 0.3) is 5.91 Å². The van der Waals surface area contributed by atoms with Gasteiger partial charge in [-0.25, -0.2) is 0 Å². The summed E-state index contributed by atoms with van der Waals surface area (Å²) in [5.74, 6) is -0.382. The second kappa shape index (κ2) is 5.99. The summed E-state index contributed by atoms with van der Waals surface area (Å²) in [5, 5.41) is 11.1. The van der Waals surface area contributed by atoms with Crippen molar-refractivity contribution >= 4 is 23.2 Å². The standard InChI is InChI=1S/C14H17ClN2O4/c1-14(21-2)7-4-8-16(9-14)13(18)10-5-3-6-11(15)12(10)17(19)20/h3,5-6H,4,7-9H2,1-2H3. The van der Waals surface area contributed by atoms with E-state index in [0.717, 1.165) is 12.8 Å². The van der Waals surface area contributed by atoms with Crippen molar-refractivity contribution in [3.63, 3.8) is 0 Å². The quantitative estimate of drug-likeness (QED) is 0.635. The molecular weight excluding hydrogens is 296 g/mol. The highest BCUT2D eigenvalue weighted by atomic mass is 35.5. The number of nitro groups is 1. The summed E-state index contributed by atoms with van der Waals surface area (Å²) >= 11 is 5.85. The van der Waals surface area contributed by atoms with Crippen molar-refractivity contribution in [1.29, 1.82) is 0 Å². The molecule has 0 aromatic heterocycles. The van der Waals surface area contributed by atoms with Crippen LogP contribution in [0.25, 0.3) is 0 Å². The zero-order valence-corrected chi connectivity index (χ0v) is 12.7. The number of carbonyl (C=O) groups excluding carboxylic acids is 1. The van der Waals surface area contributed by atoms with E-state index in [2.05, 4.69) is 0 Å². The van der Waals surface area contributed by atoms with E-state index < -0.39 is 10.5 Å². The number of para-hydroxylation sites is 1. The first-order valence-corrected chi connectivity index (χ1v) is 7.03. The van der Waals surface area contributed by atoms with Gasteiger partial charge in [0.2, 0.25) is 0 Å². The number of nitro benzene ring substituents is 1. The maximum Gasteiger partial charge on any atom is 0.300 e. The Balaban J connectivity index is 2.33. The fraction of sp³-hybridized carbons (Fsp3) is 0.500. The van der Waals surface area contributed by atoms with Crippen LogP contribution in [-0.2, 0) is 4.74 Å². The summed E-state index contributed by atoms with van der Waals surface area (Å²) in [7, 11) is 1.61. The summed E-state index contributed by atoms with van der Waals surface area (Å²) < 4.78 is 5.44. The van der Waals surface area contributed by atoms with Gasteiger partial charge >= 0.3 is 5.69 Å². The number of piperidine rings is 1. The number of halogens is 1. The summed E-state index contributed by atoms with van der Waals surface area (Å²) in [6.07, 6.45) is 1.65. The molecule has 21 heavy (non-hydrogen) atoms. The smallest absolute Gasteiger partial charge is 0.300 e. The SMILES string of the molecule is COC1(C)CCCN(C(=O)c2cccc(Cl)c2[N+](=O)[O-])C1. The number of amides is 1. The van der Waals surface area contributed by atoms with Gasteiger partial charge in [-0.2, -0.15) is 0 Å². The third-order valence-electron chi connectivity index (χ3n) is 3.84. The number of hydrogen-bond donors (Lipinski definition) is 0. The molecule has 1 aliphatic heterocycles. The number of rotatable bonds is 3. The number of nitrogens with zero attached hydrogens (tertiary/aromatic N) is 2. The van der Waals surface area contributed by atoms with Crippen molar-refractivity contribution in [2.45, 2.75) is 25.4 Å². The molecular formula is C14H17ClN2O4. The van der Waals surface area contributed by atoms with E-state index in [1.165, 1.54) is 12.1 Å². The predicted octanol–water partition coefficient (Wildman–Crippen LogP) is 2.89. The molecule has 1 aliphatic rings. The van der Waals surface area contributed by atoms with E-state index in [-0.39, 0.29) is 22.2 Å². The molecule has 0 N–H and O–H groups in total. The third kappa shape index (κ3) is 3.16. The third-order valence-corrected chi connectivity index (χ3v) is 4.14. The second-order valence-electron chi connectivity index (χ2n) is 5.38. The lowest BCUT2D eigenvalue weighted by atomic mass is 9.94. The molecule has 6 nitrogen and oxygen atoms in total. The molecule has 0 bridgehead atoms. The van der Waals surface area contributed by atoms with E-state index in [9.17, 15) is 14.9 Å². The zero-order chi connectivity index (χ0) is 15.6. The van der Waals surface area contributed by atoms with Crippen LogP contribution < -0.4 is 0 Å². The van der Waals surface area contributed by atoms with Gasteiger partial charge < -0.3 is 9.64 Å². The van der Waals surface area contributed by atoms with Crippen LogP contribution in [0.5, 0.6) is 0 Å². The van der Waals surface area contributed by atoms with Crippen molar-refractivity contribution in [2.24, 2.45) is 0 Å². The van der Waals surface area contributed by atoms with Crippen LogP contribution in [0, 0.1) is 10.1 Å². The number of hydrogen-bond acceptors (Lipinski definition) is 4. The number of benzene rings is 1. The minimum absolute atomic E-state index is 0.0212. The average Bonchev–Trinajstić information content (AvgIpc) is 2.46. The van der Waals surface area contributed by atoms with E-state index in [4.69, 9.17) is 16.3 Å². The Morgan fingerprint density at radius 1 is 1.52 bits per heavy atom. The van der Waals surface area contributed by atoms with E-state index in [0.29, 0.717) is 13.1 Å². The van der Waals surface area contributed by atoms with Gasteiger partial charge in [-0.3, -0.25) is 14.9 Å². The fourth-order valence-corrected chi connectivity index (χ4v) is 2.83. The first kappa shape index (κ1) is 15.7. The van der Waals surface area contributed by atoms with Gasteiger partial charge in [0.1, 0.15) is 10.6 Å². The molecule has 1 atom stereocenters. The predicted molar refractivity (Wildman–Crippen MR) is 78.7 cm³/mol. The Morgan fingerprint density at radius 3 is 2.86 bits per heavy atom. The van der Waals surface area contributed by atoms with Crippen LogP contribution in [-0.4, -0.2) is 41.5 Å². The summed E-state index contributed by atoms with van der Waals surface area (Å²) in [6, 6.07) is 4.39. The molecule has 1 aromatic rings. The first-order chi connectivity index (χ1) is 9.88. The molecule has 1 aromatic carbocycles. The first-order valence-electron chi connectivity index (χ1n) is 6.65. The van der Waals surface area contributed by atoms with Crippen molar-refractivity contribution < 1.29 is 14.5 Å². The van der Waals surface area contributed by atoms with Crippen molar-refractivity contribution in [1.82, 2.24) is 4.90 Å². The van der Waals surface area contributed by atoms with Crippen LogP contribution >= 0.6 is 11.6 Å². The summed E-state index contributed by atoms with van der Waals surface area (Å²) in [4.78, 5) is 24.7. The Morgan fingerprint density at radius 2 is 2.24 bits per heavy atom. The summed E-state index contributed by atoms with van der Waals surface area (Å²) in [6.45, 7) is 2.90. The summed E-state index contributed by atoms with van der Waals surface area (Å²) in [5.41, 5.74) is -0.733. The monoisotopic (exact) mass is 312 g/mol. The topological polar surface area (TPSA) is 72.7 Å². The maximum absolute atomic E-state index is 12.6. The molecule has 1 saturated heterocycles. The minimum atomic E-state index is -0.616. The number of carbonyl (C=O) groups is 1. The lowest BCUT2D eigenvalue weighted by molar-refractivity contribution is -0.385. The molecule has 0 radical (unpaired) electrons.